The summed E-state index contributed by atoms with van der Waals surface area (Å²) in [6.07, 6.45) is 0. The summed E-state index contributed by atoms with van der Waals surface area (Å²) in [6.45, 7) is 14.4. The van der Waals surface area contributed by atoms with Crippen molar-refractivity contribution in [3.05, 3.63) is 29.8 Å². The molecule has 0 aromatic heterocycles. The van der Waals surface area contributed by atoms with Crippen molar-refractivity contribution >= 4 is 5.96 Å². The van der Waals surface area contributed by atoms with Gasteiger partial charge in [0.25, 0.3) is 0 Å². The van der Waals surface area contributed by atoms with Gasteiger partial charge in [-0.2, -0.15) is 0 Å². The molecule has 1 aliphatic heterocycles. The van der Waals surface area contributed by atoms with E-state index >= 15 is 0 Å². The summed E-state index contributed by atoms with van der Waals surface area (Å²) in [5.74, 6) is 2.38. The maximum absolute atomic E-state index is 5.84. The number of hydrogen-bond acceptors (Lipinski definition) is 4. The predicted octanol–water partition coefficient (Wildman–Crippen LogP) is 2.24. The number of benzene rings is 1. The number of likely N-dealkylation sites (N-methyl/N-ethyl adjacent to an activating group) is 1. The number of nitrogens with zero attached hydrogens (tertiary/aromatic N) is 3. The third-order valence-electron chi connectivity index (χ3n) is 4.64. The van der Waals surface area contributed by atoms with Crippen molar-refractivity contribution in [3.63, 3.8) is 0 Å². The second-order valence-corrected chi connectivity index (χ2v) is 7.30. The summed E-state index contributed by atoms with van der Waals surface area (Å²) in [4.78, 5) is 9.44. The lowest BCUT2D eigenvalue weighted by Crippen LogP contribution is -2.42. The first-order valence-electron chi connectivity index (χ1n) is 10.1. The van der Waals surface area contributed by atoms with E-state index in [9.17, 15) is 0 Å². The molecule has 0 bridgehead atoms. The van der Waals surface area contributed by atoms with Crippen molar-refractivity contribution in [1.82, 2.24) is 15.1 Å². The van der Waals surface area contributed by atoms with Crippen LogP contribution < -0.4 is 10.1 Å². The monoisotopic (exact) mass is 376 g/mol. The summed E-state index contributed by atoms with van der Waals surface area (Å²) in [5.41, 5.74) is 1.24. The molecule has 1 N–H and O–H groups in total. The summed E-state index contributed by atoms with van der Waals surface area (Å²) < 4.78 is 11.3. The molecule has 2 rings (SSSR count). The van der Waals surface area contributed by atoms with E-state index in [1.165, 1.54) is 5.56 Å². The minimum atomic E-state index is 0.522. The van der Waals surface area contributed by atoms with Crippen molar-refractivity contribution in [1.29, 1.82) is 0 Å². The SMILES string of the molecule is CCNC(=NCC(C)CN1CCOCC1)N(C)CCOc1ccc(C)cc1. The molecule has 6 nitrogen and oxygen atoms in total. The van der Waals surface area contributed by atoms with Crippen LogP contribution in [-0.2, 0) is 4.74 Å². The Morgan fingerprint density at radius 2 is 2.00 bits per heavy atom. The molecule has 0 aliphatic carbocycles. The largest absolute Gasteiger partial charge is 0.492 e. The first kappa shape index (κ1) is 21.5. The van der Waals surface area contributed by atoms with Crippen LogP contribution >= 0.6 is 0 Å². The highest BCUT2D eigenvalue weighted by Gasteiger charge is 2.14. The van der Waals surface area contributed by atoms with Crippen LogP contribution in [0, 0.1) is 12.8 Å². The molecule has 27 heavy (non-hydrogen) atoms. The molecule has 0 radical (unpaired) electrons. The number of ether oxygens (including phenoxy) is 2. The Bertz CT molecular complexity index is 556. The normalized spacial score (nSPS) is 16.8. The fraction of sp³-hybridized carbons (Fsp3) is 0.667. The smallest absolute Gasteiger partial charge is 0.193 e. The van der Waals surface area contributed by atoms with Gasteiger partial charge in [-0.3, -0.25) is 9.89 Å². The maximum Gasteiger partial charge on any atom is 0.193 e. The lowest BCUT2D eigenvalue weighted by Gasteiger charge is -2.29. The highest BCUT2D eigenvalue weighted by molar-refractivity contribution is 5.79. The minimum absolute atomic E-state index is 0.522. The first-order chi connectivity index (χ1) is 13.1. The second kappa shape index (κ2) is 11.8. The Balaban J connectivity index is 1.76. The van der Waals surface area contributed by atoms with Gasteiger partial charge in [0, 0.05) is 39.8 Å². The van der Waals surface area contributed by atoms with Crippen LogP contribution in [0.3, 0.4) is 0 Å². The quantitative estimate of drug-likeness (QED) is 0.529. The summed E-state index contributed by atoms with van der Waals surface area (Å²) in [6, 6.07) is 8.17. The fourth-order valence-corrected chi connectivity index (χ4v) is 3.04. The Labute approximate surface area is 164 Å². The van der Waals surface area contributed by atoms with Crippen LogP contribution in [0.15, 0.2) is 29.3 Å². The van der Waals surface area contributed by atoms with Crippen LogP contribution in [0.25, 0.3) is 0 Å². The molecule has 1 heterocycles. The number of aryl methyl sites for hydroxylation is 1. The van der Waals surface area contributed by atoms with E-state index in [1.807, 2.05) is 12.1 Å². The molecule has 1 atom stereocenters. The number of aliphatic imine (C=N–C) groups is 1. The highest BCUT2D eigenvalue weighted by atomic mass is 16.5. The van der Waals surface area contributed by atoms with E-state index in [4.69, 9.17) is 14.5 Å². The van der Waals surface area contributed by atoms with Crippen LogP contribution in [0.4, 0.5) is 0 Å². The van der Waals surface area contributed by atoms with Crippen molar-refractivity contribution in [2.75, 3.05) is 66.1 Å². The van der Waals surface area contributed by atoms with E-state index in [1.54, 1.807) is 0 Å². The number of nitrogens with one attached hydrogen (secondary N) is 1. The van der Waals surface area contributed by atoms with Crippen molar-refractivity contribution in [3.8, 4) is 5.75 Å². The van der Waals surface area contributed by atoms with Crippen molar-refractivity contribution in [2.24, 2.45) is 10.9 Å². The molecule has 0 spiro atoms. The molecular weight excluding hydrogens is 340 g/mol. The number of guanidine groups is 1. The Kier molecular flexibility index (Phi) is 9.42. The van der Waals surface area contributed by atoms with Crippen LogP contribution in [0.2, 0.25) is 0 Å². The average molecular weight is 377 g/mol. The van der Waals surface area contributed by atoms with Gasteiger partial charge in [0.1, 0.15) is 12.4 Å². The summed E-state index contributed by atoms with van der Waals surface area (Å²) in [5, 5.41) is 3.38. The van der Waals surface area contributed by atoms with E-state index in [-0.39, 0.29) is 0 Å². The van der Waals surface area contributed by atoms with Gasteiger partial charge >= 0.3 is 0 Å². The van der Waals surface area contributed by atoms with Crippen molar-refractivity contribution in [2.45, 2.75) is 20.8 Å². The maximum atomic E-state index is 5.84. The molecule has 1 fully saturated rings. The molecule has 1 unspecified atom stereocenters. The van der Waals surface area contributed by atoms with Gasteiger partial charge in [-0.1, -0.05) is 24.6 Å². The van der Waals surface area contributed by atoms with Gasteiger partial charge in [0.2, 0.25) is 0 Å². The Morgan fingerprint density at radius 1 is 1.30 bits per heavy atom. The Morgan fingerprint density at radius 3 is 2.67 bits per heavy atom. The van der Waals surface area contributed by atoms with E-state index in [0.29, 0.717) is 12.5 Å². The zero-order chi connectivity index (χ0) is 19.5. The highest BCUT2D eigenvalue weighted by Crippen LogP contribution is 2.11. The molecule has 1 aromatic rings. The zero-order valence-electron chi connectivity index (χ0n) is 17.4. The van der Waals surface area contributed by atoms with Gasteiger partial charge in [-0.15, -0.1) is 0 Å². The fourth-order valence-electron chi connectivity index (χ4n) is 3.04. The molecule has 6 heteroatoms. The van der Waals surface area contributed by atoms with Gasteiger partial charge in [-0.05, 0) is 31.9 Å². The molecule has 1 aromatic carbocycles. The zero-order valence-corrected chi connectivity index (χ0v) is 17.4. The van der Waals surface area contributed by atoms with Crippen LogP contribution in [0.1, 0.15) is 19.4 Å². The summed E-state index contributed by atoms with van der Waals surface area (Å²) in [7, 11) is 2.06. The van der Waals surface area contributed by atoms with E-state index in [2.05, 4.69) is 55.1 Å². The van der Waals surface area contributed by atoms with Gasteiger partial charge in [-0.25, -0.2) is 0 Å². The van der Waals surface area contributed by atoms with Gasteiger partial charge < -0.3 is 19.7 Å². The van der Waals surface area contributed by atoms with E-state index < -0.39 is 0 Å². The molecular formula is C21H36N4O2. The second-order valence-electron chi connectivity index (χ2n) is 7.30. The van der Waals surface area contributed by atoms with Gasteiger partial charge in [0.05, 0.1) is 19.8 Å². The average Bonchev–Trinajstić information content (AvgIpc) is 2.67. The van der Waals surface area contributed by atoms with Gasteiger partial charge in [0.15, 0.2) is 5.96 Å². The molecule has 0 amide bonds. The number of hydrogen-bond donors (Lipinski definition) is 1. The van der Waals surface area contributed by atoms with Crippen LogP contribution in [0.5, 0.6) is 5.75 Å². The van der Waals surface area contributed by atoms with E-state index in [0.717, 1.165) is 64.2 Å². The van der Waals surface area contributed by atoms with Crippen molar-refractivity contribution < 1.29 is 9.47 Å². The number of morpholine rings is 1. The molecule has 0 saturated carbocycles. The molecule has 1 saturated heterocycles. The van der Waals surface area contributed by atoms with Crippen LogP contribution in [-0.4, -0.2) is 81.9 Å². The molecule has 152 valence electrons. The minimum Gasteiger partial charge on any atom is -0.492 e. The first-order valence-corrected chi connectivity index (χ1v) is 10.1. The molecule has 1 aliphatic rings. The lowest BCUT2D eigenvalue weighted by atomic mass is 10.1. The Hall–Kier alpha value is -1.79. The predicted molar refractivity (Wildman–Crippen MR) is 112 cm³/mol. The third kappa shape index (κ3) is 8.18. The third-order valence-corrected chi connectivity index (χ3v) is 4.64. The summed E-state index contributed by atoms with van der Waals surface area (Å²) >= 11 is 0. The standard InChI is InChI=1S/C21H36N4O2/c1-5-22-21(23-16-19(3)17-25-11-13-26-14-12-25)24(4)10-15-27-20-8-6-18(2)7-9-20/h6-9,19H,5,10-17H2,1-4H3,(H,22,23). The number of rotatable bonds is 9. The topological polar surface area (TPSA) is 49.3 Å². The lowest BCUT2D eigenvalue weighted by molar-refractivity contribution is 0.0323.